The summed E-state index contributed by atoms with van der Waals surface area (Å²) < 4.78 is 2.11. The number of amides is 1. The standard InChI is InChI=1S/C16H19ClN4OS/c1-3-21-14(11-8-9-11)19-20-16(21)23-10(2)15(22)18-13-7-5-4-6-12(13)17/h4-7,10-11H,3,8-9H2,1-2H3,(H,18,22). The summed E-state index contributed by atoms with van der Waals surface area (Å²) in [7, 11) is 0. The van der Waals surface area contributed by atoms with Crippen LogP contribution in [0.1, 0.15) is 38.4 Å². The Labute approximate surface area is 144 Å². The lowest BCUT2D eigenvalue weighted by atomic mass is 10.3. The molecule has 1 aromatic carbocycles. The predicted molar refractivity (Wildman–Crippen MR) is 93.1 cm³/mol. The SMILES string of the molecule is CCn1c(SC(C)C(=O)Nc2ccccc2Cl)nnc1C1CC1. The van der Waals surface area contributed by atoms with E-state index >= 15 is 0 Å². The summed E-state index contributed by atoms with van der Waals surface area (Å²) in [6.45, 7) is 4.76. The van der Waals surface area contributed by atoms with Crippen molar-refractivity contribution in [3.8, 4) is 0 Å². The van der Waals surface area contributed by atoms with Crippen LogP contribution < -0.4 is 5.32 Å². The van der Waals surface area contributed by atoms with Gasteiger partial charge in [0.05, 0.1) is 16.0 Å². The average molecular weight is 351 g/mol. The summed E-state index contributed by atoms with van der Waals surface area (Å²) in [5, 5.41) is 12.5. The molecule has 1 saturated carbocycles. The third-order valence-electron chi connectivity index (χ3n) is 3.79. The molecule has 0 saturated heterocycles. The van der Waals surface area contributed by atoms with Crippen molar-refractivity contribution in [3.05, 3.63) is 35.1 Å². The minimum Gasteiger partial charge on any atom is -0.324 e. The van der Waals surface area contributed by atoms with Crippen LogP contribution in [-0.2, 0) is 11.3 Å². The lowest BCUT2D eigenvalue weighted by Crippen LogP contribution is -2.23. The maximum atomic E-state index is 12.4. The van der Waals surface area contributed by atoms with Gasteiger partial charge in [-0.1, -0.05) is 35.5 Å². The number of rotatable bonds is 6. The molecular weight excluding hydrogens is 332 g/mol. The lowest BCUT2D eigenvalue weighted by Gasteiger charge is -2.13. The third-order valence-corrected chi connectivity index (χ3v) is 5.20. The number of hydrogen-bond donors (Lipinski definition) is 1. The number of para-hydroxylation sites is 1. The van der Waals surface area contributed by atoms with E-state index in [1.807, 2.05) is 19.1 Å². The number of nitrogens with zero attached hydrogens (tertiary/aromatic N) is 3. The van der Waals surface area contributed by atoms with Gasteiger partial charge in [0.1, 0.15) is 5.82 Å². The normalized spacial score (nSPS) is 15.4. The van der Waals surface area contributed by atoms with E-state index in [4.69, 9.17) is 11.6 Å². The molecule has 7 heteroatoms. The van der Waals surface area contributed by atoms with Crippen LogP contribution in [0, 0.1) is 0 Å². The molecule has 5 nitrogen and oxygen atoms in total. The zero-order valence-electron chi connectivity index (χ0n) is 13.1. The molecule has 122 valence electrons. The first-order valence-corrected chi connectivity index (χ1v) is 9.01. The first-order valence-electron chi connectivity index (χ1n) is 7.75. The fourth-order valence-electron chi connectivity index (χ4n) is 2.34. The number of carbonyl (C=O) groups excluding carboxylic acids is 1. The molecule has 0 aliphatic heterocycles. The first kappa shape index (κ1) is 16.3. The summed E-state index contributed by atoms with van der Waals surface area (Å²) in [5.41, 5.74) is 0.627. The molecule has 1 unspecified atom stereocenters. The van der Waals surface area contributed by atoms with Gasteiger partial charge in [0.2, 0.25) is 5.91 Å². The van der Waals surface area contributed by atoms with Gasteiger partial charge in [0.25, 0.3) is 0 Å². The molecule has 0 spiro atoms. The summed E-state index contributed by atoms with van der Waals surface area (Å²) >= 11 is 7.51. The van der Waals surface area contributed by atoms with Crippen LogP contribution in [-0.4, -0.2) is 25.9 Å². The highest BCUT2D eigenvalue weighted by molar-refractivity contribution is 8.00. The molecule has 1 aliphatic carbocycles. The van der Waals surface area contributed by atoms with Crippen molar-refractivity contribution in [1.82, 2.24) is 14.8 Å². The number of thioether (sulfide) groups is 1. The van der Waals surface area contributed by atoms with Gasteiger partial charge in [-0.05, 0) is 38.8 Å². The second-order valence-corrected chi connectivity index (χ2v) is 7.30. The molecule has 1 aromatic heterocycles. The monoisotopic (exact) mass is 350 g/mol. The quantitative estimate of drug-likeness (QED) is 0.801. The Kier molecular flexibility index (Phi) is 4.92. The Hall–Kier alpha value is -1.53. The van der Waals surface area contributed by atoms with E-state index in [0.29, 0.717) is 16.6 Å². The van der Waals surface area contributed by atoms with Gasteiger partial charge < -0.3 is 9.88 Å². The van der Waals surface area contributed by atoms with Crippen LogP contribution in [0.15, 0.2) is 29.4 Å². The Balaban J connectivity index is 1.68. The minimum atomic E-state index is -0.284. The number of benzene rings is 1. The molecule has 1 amide bonds. The van der Waals surface area contributed by atoms with Crippen molar-refractivity contribution in [1.29, 1.82) is 0 Å². The number of aromatic nitrogens is 3. The molecule has 0 radical (unpaired) electrons. The maximum absolute atomic E-state index is 12.4. The van der Waals surface area contributed by atoms with Crippen LogP contribution in [0.3, 0.4) is 0 Å². The molecule has 1 heterocycles. The van der Waals surface area contributed by atoms with Crippen molar-refractivity contribution in [2.24, 2.45) is 0 Å². The van der Waals surface area contributed by atoms with E-state index in [9.17, 15) is 4.79 Å². The van der Waals surface area contributed by atoms with Crippen molar-refractivity contribution >= 4 is 35.0 Å². The highest BCUT2D eigenvalue weighted by Gasteiger charge is 2.30. The highest BCUT2D eigenvalue weighted by atomic mass is 35.5. The number of nitrogens with one attached hydrogen (secondary N) is 1. The van der Waals surface area contributed by atoms with Gasteiger partial charge in [-0.15, -0.1) is 10.2 Å². The number of hydrogen-bond acceptors (Lipinski definition) is 4. The zero-order chi connectivity index (χ0) is 16.4. The summed E-state index contributed by atoms with van der Waals surface area (Å²) in [6, 6.07) is 7.22. The van der Waals surface area contributed by atoms with Crippen molar-refractivity contribution in [2.75, 3.05) is 5.32 Å². The van der Waals surface area contributed by atoms with Crippen LogP contribution in [0.2, 0.25) is 5.02 Å². The van der Waals surface area contributed by atoms with E-state index < -0.39 is 0 Å². The predicted octanol–water partition coefficient (Wildman–Crippen LogP) is 3.95. The van der Waals surface area contributed by atoms with Crippen LogP contribution >= 0.6 is 23.4 Å². The molecule has 1 fully saturated rings. The van der Waals surface area contributed by atoms with E-state index in [-0.39, 0.29) is 11.2 Å². The van der Waals surface area contributed by atoms with Crippen LogP contribution in [0.25, 0.3) is 0 Å². The van der Waals surface area contributed by atoms with Crippen LogP contribution in [0.5, 0.6) is 0 Å². The molecule has 1 N–H and O–H groups in total. The van der Waals surface area contributed by atoms with Gasteiger partial charge >= 0.3 is 0 Å². The number of anilines is 1. The molecular formula is C16H19ClN4OS. The topological polar surface area (TPSA) is 59.8 Å². The maximum Gasteiger partial charge on any atom is 0.237 e. The Morgan fingerprint density at radius 2 is 2.17 bits per heavy atom. The smallest absolute Gasteiger partial charge is 0.237 e. The largest absolute Gasteiger partial charge is 0.324 e. The molecule has 0 bridgehead atoms. The fraction of sp³-hybridized carbons (Fsp3) is 0.438. The molecule has 1 aliphatic rings. The first-order chi connectivity index (χ1) is 11.1. The van der Waals surface area contributed by atoms with Gasteiger partial charge in [-0.2, -0.15) is 0 Å². The molecule has 2 aromatic rings. The molecule has 3 rings (SSSR count). The van der Waals surface area contributed by atoms with Crippen LogP contribution in [0.4, 0.5) is 5.69 Å². The van der Waals surface area contributed by atoms with E-state index in [2.05, 4.69) is 27.0 Å². The Bertz CT molecular complexity index is 714. The van der Waals surface area contributed by atoms with Gasteiger partial charge in [0.15, 0.2) is 5.16 Å². The average Bonchev–Trinajstić information content (AvgIpc) is 3.31. The third kappa shape index (κ3) is 3.70. The highest BCUT2D eigenvalue weighted by Crippen LogP contribution is 2.40. The molecule has 23 heavy (non-hydrogen) atoms. The number of halogens is 1. The van der Waals surface area contributed by atoms with Crippen molar-refractivity contribution in [3.63, 3.8) is 0 Å². The van der Waals surface area contributed by atoms with Crippen molar-refractivity contribution in [2.45, 2.75) is 49.6 Å². The summed E-state index contributed by atoms with van der Waals surface area (Å²) in [6.07, 6.45) is 2.37. The van der Waals surface area contributed by atoms with E-state index in [1.54, 1.807) is 12.1 Å². The van der Waals surface area contributed by atoms with Crippen molar-refractivity contribution < 1.29 is 4.79 Å². The number of carbonyl (C=O) groups is 1. The van der Waals surface area contributed by atoms with Gasteiger partial charge in [-0.25, -0.2) is 0 Å². The van der Waals surface area contributed by atoms with E-state index in [1.165, 1.54) is 24.6 Å². The second-order valence-electron chi connectivity index (χ2n) is 5.59. The fourth-order valence-corrected chi connectivity index (χ4v) is 3.44. The van der Waals surface area contributed by atoms with Gasteiger partial charge in [0, 0.05) is 12.5 Å². The van der Waals surface area contributed by atoms with Gasteiger partial charge in [-0.3, -0.25) is 4.79 Å². The zero-order valence-corrected chi connectivity index (χ0v) is 14.7. The summed E-state index contributed by atoms with van der Waals surface area (Å²) in [5.74, 6) is 1.50. The Morgan fingerprint density at radius 3 is 2.83 bits per heavy atom. The molecule has 1 atom stereocenters. The lowest BCUT2D eigenvalue weighted by molar-refractivity contribution is -0.115. The Morgan fingerprint density at radius 1 is 1.43 bits per heavy atom. The minimum absolute atomic E-state index is 0.0956. The summed E-state index contributed by atoms with van der Waals surface area (Å²) in [4.78, 5) is 12.4. The second kappa shape index (κ2) is 6.93. The van der Waals surface area contributed by atoms with E-state index in [0.717, 1.165) is 17.5 Å².